The van der Waals surface area contributed by atoms with Crippen LogP contribution in [-0.2, 0) is 0 Å². The molecule has 0 bridgehead atoms. The molecule has 0 fully saturated rings. The van der Waals surface area contributed by atoms with Gasteiger partial charge in [0, 0.05) is 17.0 Å². The Labute approximate surface area is 110 Å². The predicted molar refractivity (Wildman–Crippen MR) is 70.2 cm³/mol. The molecule has 100 valence electrons. The lowest BCUT2D eigenvalue weighted by molar-refractivity contribution is 0.0953. The molecular weight excluding hydrogens is 256 g/mol. The molecule has 1 rings (SSSR count). The largest absolute Gasteiger partial charge is 0.352 e. The Morgan fingerprint density at radius 1 is 1.28 bits per heavy atom. The molecule has 0 aliphatic carbocycles. The van der Waals surface area contributed by atoms with Gasteiger partial charge in [-0.2, -0.15) is 8.78 Å². The van der Waals surface area contributed by atoms with E-state index in [2.05, 4.69) is 12.2 Å². The van der Waals surface area contributed by atoms with Gasteiger partial charge in [-0.25, -0.2) is 0 Å². The summed E-state index contributed by atoms with van der Waals surface area (Å²) < 4.78 is 24.2. The summed E-state index contributed by atoms with van der Waals surface area (Å²) >= 11 is 0.478. The first-order chi connectivity index (χ1) is 8.63. The molecular formula is C13H17F2NOS. The van der Waals surface area contributed by atoms with Gasteiger partial charge in [0.1, 0.15) is 0 Å². The molecule has 0 aliphatic heterocycles. The summed E-state index contributed by atoms with van der Waals surface area (Å²) in [6.45, 7) is 2.75. The summed E-state index contributed by atoms with van der Waals surface area (Å²) in [4.78, 5) is 12.1. The zero-order valence-electron chi connectivity index (χ0n) is 10.3. The normalized spacial score (nSPS) is 10.7. The Balaban J connectivity index is 2.43. The lowest BCUT2D eigenvalue weighted by atomic mass is 10.2. The van der Waals surface area contributed by atoms with Gasteiger partial charge < -0.3 is 5.32 Å². The number of hydrogen-bond donors (Lipinski definition) is 1. The van der Waals surface area contributed by atoms with Gasteiger partial charge in [-0.15, -0.1) is 0 Å². The van der Waals surface area contributed by atoms with Crippen LogP contribution in [-0.4, -0.2) is 18.2 Å². The fourth-order valence-corrected chi connectivity index (χ4v) is 1.97. The Morgan fingerprint density at radius 3 is 2.50 bits per heavy atom. The summed E-state index contributed by atoms with van der Waals surface area (Å²) in [7, 11) is 0. The average Bonchev–Trinajstić information content (AvgIpc) is 2.34. The third-order valence-corrected chi connectivity index (χ3v) is 3.13. The molecule has 0 aliphatic rings. The van der Waals surface area contributed by atoms with Crippen LogP contribution in [0.15, 0.2) is 29.2 Å². The number of thioether (sulfide) groups is 1. The highest BCUT2D eigenvalue weighted by molar-refractivity contribution is 7.99. The van der Waals surface area contributed by atoms with E-state index >= 15 is 0 Å². The number of carbonyl (C=O) groups excluding carboxylic acids is 1. The quantitative estimate of drug-likeness (QED) is 0.602. The highest BCUT2D eigenvalue weighted by Crippen LogP contribution is 2.25. The molecule has 18 heavy (non-hydrogen) atoms. The van der Waals surface area contributed by atoms with Crippen molar-refractivity contribution in [1.29, 1.82) is 0 Å². The molecule has 1 aromatic rings. The first-order valence-electron chi connectivity index (χ1n) is 5.96. The maximum absolute atomic E-state index is 12.1. The van der Waals surface area contributed by atoms with Crippen molar-refractivity contribution in [1.82, 2.24) is 5.32 Å². The molecule has 2 nitrogen and oxygen atoms in total. The number of amides is 1. The molecule has 1 amide bonds. The van der Waals surface area contributed by atoms with Gasteiger partial charge in [0.05, 0.1) is 0 Å². The zero-order valence-corrected chi connectivity index (χ0v) is 11.1. The number of carbonyl (C=O) groups is 1. The van der Waals surface area contributed by atoms with E-state index in [0.29, 0.717) is 28.8 Å². The minimum atomic E-state index is -2.43. The Morgan fingerprint density at radius 2 is 1.94 bits per heavy atom. The van der Waals surface area contributed by atoms with Crippen molar-refractivity contribution in [3.05, 3.63) is 29.8 Å². The van der Waals surface area contributed by atoms with E-state index in [1.54, 1.807) is 12.1 Å². The van der Waals surface area contributed by atoms with Gasteiger partial charge in [-0.3, -0.25) is 4.79 Å². The van der Waals surface area contributed by atoms with Gasteiger partial charge >= 0.3 is 0 Å². The Kier molecular flexibility index (Phi) is 6.72. The molecule has 1 N–H and O–H groups in total. The topological polar surface area (TPSA) is 29.1 Å². The predicted octanol–water partition coefficient (Wildman–Crippen LogP) is 3.92. The maximum Gasteiger partial charge on any atom is 0.288 e. The average molecular weight is 273 g/mol. The van der Waals surface area contributed by atoms with E-state index in [4.69, 9.17) is 0 Å². The molecule has 0 heterocycles. The number of alkyl halides is 2. The molecule has 0 aromatic heterocycles. The summed E-state index contributed by atoms with van der Waals surface area (Å²) in [6, 6.07) is 6.22. The maximum atomic E-state index is 12.1. The van der Waals surface area contributed by atoms with Crippen LogP contribution < -0.4 is 5.32 Å². The van der Waals surface area contributed by atoms with Crippen LogP contribution in [0.1, 0.15) is 36.5 Å². The van der Waals surface area contributed by atoms with Crippen LogP contribution in [0.4, 0.5) is 8.78 Å². The minimum Gasteiger partial charge on any atom is -0.352 e. The Hall–Kier alpha value is -1.10. The lowest BCUT2D eigenvalue weighted by Crippen LogP contribution is -2.24. The van der Waals surface area contributed by atoms with Gasteiger partial charge in [-0.05, 0) is 30.7 Å². The second-order valence-electron chi connectivity index (χ2n) is 3.87. The summed E-state index contributed by atoms with van der Waals surface area (Å²) in [5, 5.41) is 2.80. The molecule has 0 atom stereocenters. The molecule has 0 radical (unpaired) electrons. The monoisotopic (exact) mass is 273 g/mol. The van der Waals surface area contributed by atoms with Crippen LogP contribution >= 0.6 is 11.8 Å². The molecule has 1 aromatic carbocycles. The van der Waals surface area contributed by atoms with Gasteiger partial charge in [0.25, 0.3) is 11.7 Å². The van der Waals surface area contributed by atoms with Crippen molar-refractivity contribution in [3.8, 4) is 0 Å². The highest BCUT2D eigenvalue weighted by atomic mass is 32.2. The standard InChI is InChI=1S/C13H17F2NOS/c1-2-3-4-9-16-12(17)10-5-7-11(8-6-10)18-13(14)15/h5-8,13H,2-4,9H2,1H3,(H,16,17). The van der Waals surface area contributed by atoms with Gasteiger partial charge in [-0.1, -0.05) is 31.5 Å². The number of hydrogen-bond acceptors (Lipinski definition) is 2. The van der Waals surface area contributed by atoms with Crippen LogP contribution in [0.5, 0.6) is 0 Å². The van der Waals surface area contributed by atoms with Crippen LogP contribution in [0, 0.1) is 0 Å². The number of rotatable bonds is 7. The van der Waals surface area contributed by atoms with E-state index < -0.39 is 5.76 Å². The van der Waals surface area contributed by atoms with Crippen LogP contribution in [0.3, 0.4) is 0 Å². The van der Waals surface area contributed by atoms with Crippen molar-refractivity contribution in [3.63, 3.8) is 0 Å². The SMILES string of the molecule is CCCCCNC(=O)c1ccc(SC(F)F)cc1. The minimum absolute atomic E-state index is 0.153. The van der Waals surface area contributed by atoms with E-state index in [0.717, 1.165) is 19.3 Å². The van der Waals surface area contributed by atoms with E-state index in [1.807, 2.05) is 0 Å². The van der Waals surface area contributed by atoms with Crippen molar-refractivity contribution in [2.75, 3.05) is 6.54 Å². The summed E-state index contributed by atoms with van der Waals surface area (Å²) in [6.07, 6.45) is 3.15. The van der Waals surface area contributed by atoms with Crippen molar-refractivity contribution >= 4 is 17.7 Å². The first kappa shape index (κ1) is 15.0. The number of halogens is 2. The third-order valence-electron chi connectivity index (χ3n) is 2.41. The van der Waals surface area contributed by atoms with Crippen LogP contribution in [0.25, 0.3) is 0 Å². The lowest BCUT2D eigenvalue weighted by Gasteiger charge is -2.05. The van der Waals surface area contributed by atoms with Gasteiger partial charge in [0.15, 0.2) is 0 Å². The van der Waals surface area contributed by atoms with E-state index in [9.17, 15) is 13.6 Å². The van der Waals surface area contributed by atoms with Crippen molar-refractivity contribution in [2.45, 2.75) is 36.8 Å². The smallest absolute Gasteiger partial charge is 0.288 e. The summed E-state index contributed by atoms with van der Waals surface area (Å²) in [5.74, 6) is -2.58. The highest BCUT2D eigenvalue weighted by Gasteiger charge is 2.07. The van der Waals surface area contributed by atoms with Crippen molar-refractivity contribution < 1.29 is 13.6 Å². The number of nitrogens with one attached hydrogen (secondary N) is 1. The van der Waals surface area contributed by atoms with Crippen LogP contribution in [0.2, 0.25) is 0 Å². The molecule has 0 unspecified atom stereocenters. The number of unbranched alkanes of at least 4 members (excludes halogenated alkanes) is 2. The number of benzene rings is 1. The second kappa shape index (κ2) is 8.08. The molecule has 0 saturated heterocycles. The zero-order chi connectivity index (χ0) is 13.4. The van der Waals surface area contributed by atoms with E-state index in [-0.39, 0.29) is 5.91 Å². The molecule has 0 spiro atoms. The van der Waals surface area contributed by atoms with E-state index in [1.165, 1.54) is 12.1 Å². The first-order valence-corrected chi connectivity index (χ1v) is 6.84. The summed E-state index contributed by atoms with van der Waals surface area (Å²) in [5.41, 5.74) is 0.505. The molecule has 5 heteroatoms. The fourth-order valence-electron chi connectivity index (χ4n) is 1.47. The fraction of sp³-hybridized carbons (Fsp3) is 0.462. The third kappa shape index (κ3) is 5.49. The molecule has 0 saturated carbocycles. The Bertz CT molecular complexity index is 368. The van der Waals surface area contributed by atoms with Gasteiger partial charge in [0.2, 0.25) is 0 Å². The van der Waals surface area contributed by atoms with Crippen molar-refractivity contribution in [2.24, 2.45) is 0 Å². The second-order valence-corrected chi connectivity index (χ2v) is 4.93.